The van der Waals surface area contributed by atoms with Crippen LogP contribution >= 0.6 is 0 Å². The molecule has 3 heteroatoms. The lowest BCUT2D eigenvalue weighted by Crippen LogP contribution is -2.64. The van der Waals surface area contributed by atoms with E-state index in [1.54, 1.807) is 0 Å². The summed E-state index contributed by atoms with van der Waals surface area (Å²) in [7, 11) is 0. The summed E-state index contributed by atoms with van der Waals surface area (Å²) in [6, 6.07) is 0. The van der Waals surface area contributed by atoms with Crippen molar-refractivity contribution < 1.29 is 5.11 Å². The number of rotatable bonds is 5. The van der Waals surface area contributed by atoms with Crippen molar-refractivity contribution in [3.05, 3.63) is 0 Å². The predicted octanol–water partition coefficient (Wildman–Crippen LogP) is -0.0436. The van der Waals surface area contributed by atoms with E-state index in [0.29, 0.717) is 0 Å². The van der Waals surface area contributed by atoms with Crippen LogP contribution in [0.1, 0.15) is 20.3 Å². The molecule has 0 spiro atoms. The van der Waals surface area contributed by atoms with Gasteiger partial charge in [-0.25, -0.2) is 0 Å². The summed E-state index contributed by atoms with van der Waals surface area (Å²) in [5.41, 5.74) is -0.461. The molecule has 72 valence electrons. The van der Waals surface area contributed by atoms with E-state index in [4.69, 9.17) is 0 Å². The summed E-state index contributed by atoms with van der Waals surface area (Å²) in [6.45, 7) is 7.64. The Kier molecular flexibility index (Phi) is 3.50. The summed E-state index contributed by atoms with van der Waals surface area (Å²) in [6.07, 6.45) is 1.18. The molecule has 1 heterocycles. The van der Waals surface area contributed by atoms with Gasteiger partial charge in [-0.1, -0.05) is 13.8 Å². The Labute approximate surface area is 74.5 Å². The van der Waals surface area contributed by atoms with Gasteiger partial charge in [-0.2, -0.15) is 0 Å². The molecule has 0 aliphatic carbocycles. The average Bonchev–Trinajstić information content (AvgIpc) is 1.94. The summed E-state index contributed by atoms with van der Waals surface area (Å²) in [5.74, 6) is 0.742. The Balaban J connectivity index is 1.95. The maximum atomic E-state index is 9.65. The molecule has 0 aromatic rings. The minimum atomic E-state index is -0.461. The van der Waals surface area contributed by atoms with Crippen molar-refractivity contribution in [1.82, 2.24) is 10.6 Å². The molecule has 1 fully saturated rings. The van der Waals surface area contributed by atoms with Crippen molar-refractivity contribution >= 4 is 0 Å². The van der Waals surface area contributed by atoms with E-state index < -0.39 is 5.60 Å². The van der Waals surface area contributed by atoms with E-state index in [1.165, 1.54) is 6.42 Å². The van der Waals surface area contributed by atoms with Gasteiger partial charge in [0, 0.05) is 19.6 Å². The molecule has 0 unspecified atom stereocenters. The van der Waals surface area contributed by atoms with Crippen LogP contribution in [0.25, 0.3) is 0 Å². The van der Waals surface area contributed by atoms with Crippen molar-refractivity contribution in [3.8, 4) is 0 Å². The third kappa shape index (κ3) is 3.09. The van der Waals surface area contributed by atoms with E-state index in [1.807, 2.05) is 0 Å². The van der Waals surface area contributed by atoms with Crippen LogP contribution in [0.15, 0.2) is 0 Å². The second-order valence-electron chi connectivity index (χ2n) is 4.19. The van der Waals surface area contributed by atoms with Gasteiger partial charge in [0.25, 0.3) is 0 Å². The molecule has 1 saturated heterocycles. The van der Waals surface area contributed by atoms with Crippen molar-refractivity contribution in [3.63, 3.8) is 0 Å². The minimum Gasteiger partial charge on any atom is -0.386 e. The van der Waals surface area contributed by atoms with Crippen LogP contribution in [0.4, 0.5) is 0 Å². The number of aliphatic hydroxyl groups is 1. The molecule has 0 aromatic carbocycles. The van der Waals surface area contributed by atoms with E-state index in [9.17, 15) is 5.11 Å². The number of hydrogen-bond donors (Lipinski definition) is 3. The van der Waals surface area contributed by atoms with Crippen LogP contribution in [0.2, 0.25) is 0 Å². The highest BCUT2D eigenvalue weighted by Gasteiger charge is 2.33. The van der Waals surface area contributed by atoms with E-state index in [-0.39, 0.29) is 0 Å². The summed E-state index contributed by atoms with van der Waals surface area (Å²) < 4.78 is 0. The lowest BCUT2D eigenvalue weighted by molar-refractivity contribution is -0.00835. The molecule has 0 saturated carbocycles. The second-order valence-corrected chi connectivity index (χ2v) is 4.19. The highest BCUT2D eigenvalue weighted by Crippen LogP contribution is 2.08. The lowest BCUT2D eigenvalue weighted by atomic mass is 9.97. The number of hydrogen-bond acceptors (Lipinski definition) is 3. The number of β-amino-alcohol motifs (C(OH)–C–C–N with tert-alkyl or cyclic N) is 1. The van der Waals surface area contributed by atoms with Crippen LogP contribution in [-0.4, -0.2) is 36.9 Å². The molecule has 0 atom stereocenters. The zero-order chi connectivity index (χ0) is 9.03. The Bertz CT molecular complexity index is 132. The first-order valence-corrected chi connectivity index (χ1v) is 4.76. The van der Waals surface area contributed by atoms with Gasteiger partial charge in [-0.15, -0.1) is 0 Å². The maximum absolute atomic E-state index is 9.65. The quantitative estimate of drug-likeness (QED) is 0.510. The van der Waals surface area contributed by atoms with E-state index in [2.05, 4.69) is 24.5 Å². The normalized spacial score (nSPS) is 21.0. The van der Waals surface area contributed by atoms with Gasteiger partial charge in [0.2, 0.25) is 0 Å². The molecule has 0 radical (unpaired) electrons. The fourth-order valence-electron chi connectivity index (χ4n) is 1.25. The van der Waals surface area contributed by atoms with Crippen LogP contribution < -0.4 is 10.6 Å². The Hall–Kier alpha value is -0.120. The fourth-order valence-corrected chi connectivity index (χ4v) is 1.25. The van der Waals surface area contributed by atoms with Crippen LogP contribution in [0.3, 0.4) is 0 Å². The van der Waals surface area contributed by atoms with Crippen molar-refractivity contribution in [2.45, 2.75) is 25.9 Å². The van der Waals surface area contributed by atoms with Crippen LogP contribution in [-0.2, 0) is 0 Å². The highest BCUT2D eigenvalue weighted by atomic mass is 16.3. The van der Waals surface area contributed by atoms with Gasteiger partial charge in [0.15, 0.2) is 0 Å². The van der Waals surface area contributed by atoms with Gasteiger partial charge < -0.3 is 15.7 Å². The standard InChI is InChI=1S/C9H20N2O/c1-8(2)3-4-10-5-9(12)6-11-7-9/h8,10-12H,3-7H2,1-2H3. The molecule has 0 bridgehead atoms. The predicted molar refractivity (Wildman–Crippen MR) is 50.1 cm³/mol. The van der Waals surface area contributed by atoms with E-state index in [0.717, 1.165) is 32.1 Å². The van der Waals surface area contributed by atoms with Gasteiger partial charge in [-0.05, 0) is 18.9 Å². The second kappa shape index (κ2) is 4.21. The molecule has 1 rings (SSSR count). The molecular formula is C9H20N2O. The van der Waals surface area contributed by atoms with Crippen molar-refractivity contribution in [2.75, 3.05) is 26.2 Å². The topological polar surface area (TPSA) is 44.3 Å². The molecular weight excluding hydrogens is 152 g/mol. The fraction of sp³-hybridized carbons (Fsp3) is 1.00. The first-order valence-electron chi connectivity index (χ1n) is 4.76. The molecule has 3 nitrogen and oxygen atoms in total. The SMILES string of the molecule is CC(C)CCNCC1(O)CNC1. The van der Waals surface area contributed by atoms with Crippen LogP contribution in [0, 0.1) is 5.92 Å². The first-order chi connectivity index (χ1) is 5.62. The zero-order valence-corrected chi connectivity index (χ0v) is 8.06. The third-order valence-electron chi connectivity index (χ3n) is 2.26. The highest BCUT2D eigenvalue weighted by molar-refractivity contribution is 4.94. The van der Waals surface area contributed by atoms with Gasteiger partial charge in [-0.3, -0.25) is 0 Å². The van der Waals surface area contributed by atoms with Crippen molar-refractivity contribution in [1.29, 1.82) is 0 Å². The average molecular weight is 172 g/mol. The first kappa shape index (κ1) is 9.96. The Morgan fingerprint density at radius 1 is 1.50 bits per heavy atom. The smallest absolute Gasteiger partial charge is 0.102 e. The molecule has 12 heavy (non-hydrogen) atoms. The maximum Gasteiger partial charge on any atom is 0.102 e. The summed E-state index contributed by atoms with van der Waals surface area (Å²) >= 11 is 0. The molecule has 3 N–H and O–H groups in total. The Morgan fingerprint density at radius 2 is 2.17 bits per heavy atom. The van der Waals surface area contributed by atoms with E-state index >= 15 is 0 Å². The minimum absolute atomic E-state index is 0.461. The largest absolute Gasteiger partial charge is 0.386 e. The Morgan fingerprint density at radius 3 is 2.58 bits per heavy atom. The molecule has 1 aliphatic rings. The van der Waals surface area contributed by atoms with Crippen LogP contribution in [0.5, 0.6) is 0 Å². The van der Waals surface area contributed by atoms with Gasteiger partial charge in [0.05, 0.1) is 0 Å². The van der Waals surface area contributed by atoms with Crippen molar-refractivity contribution in [2.24, 2.45) is 5.92 Å². The summed E-state index contributed by atoms with van der Waals surface area (Å²) in [4.78, 5) is 0. The lowest BCUT2D eigenvalue weighted by Gasteiger charge is -2.37. The number of nitrogens with one attached hydrogen (secondary N) is 2. The van der Waals surface area contributed by atoms with Gasteiger partial charge >= 0.3 is 0 Å². The third-order valence-corrected chi connectivity index (χ3v) is 2.26. The van der Waals surface area contributed by atoms with Gasteiger partial charge in [0.1, 0.15) is 5.60 Å². The molecule has 1 aliphatic heterocycles. The molecule has 0 amide bonds. The monoisotopic (exact) mass is 172 g/mol. The summed E-state index contributed by atoms with van der Waals surface area (Å²) in [5, 5.41) is 16.0. The zero-order valence-electron chi connectivity index (χ0n) is 8.06. The molecule has 0 aromatic heterocycles.